The van der Waals surface area contributed by atoms with E-state index in [1.165, 1.54) is 16.5 Å². The summed E-state index contributed by atoms with van der Waals surface area (Å²) in [6.07, 6.45) is 1.55. The molecule has 1 aromatic carbocycles. The minimum Gasteiger partial charge on any atom is -0.330 e. The highest BCUT2D eigenvalue weighted by Crippen LogP contribution is 2.33. The number of carbonyl (C=O) groups is 1. The van der Waals surface area contributed by atoms with Crippen molar-refractivity contribution in [3.05, 3.63) is 75.5 Å². The number of carbonyl (C=O) groups excluding carboxylic acids is 1. The van der Waals surface area contributed by atoms with Crippen molar-refractivity contribution in [2.24, 2.45) is 0 Å². The van der Waals surface area contributed by atoms with Crippen molar-refractivity contribution < 1.29 is 9.18 Å². The average molecular weight is 421 g/mol. The average Bonchev–Trinajstić information content (AvgIpc) is 3.40. The van der Waals surface area contributed by atoms with E-state index in [1.807, 2.05) is 17.9 Å². The van der Waals surface area contributed by atoms with Gasteiger partial charge in [0.25, 0.3) is 5.91 Å². The van der Waals surface area contributed by atoms with Crippen LogP contribution in [0.2, 0.25) is 0 Å². The summed E-state index contributed by atoms with van der Waals surface area (Å²) in [5, 5.41) is 6.64. The third-order valence-electron chi connectivity index (χ3n) is 5.77. The molecule has 30 heavy (non-hydrogen) atoms. The van der Waals surface area contributed by atoms with E-state index in [1.54, 1.807) is 40.1 Å². The van der Waals surface area contributed by atoms with Crippen LogP contribution in [0.4, 0.5) is 4.39 Å². The first-order valence-corrected chi connectivity index (χ1v) is 11.0. The van der Waals surface area contributed by atoms with Crippen molar-refractivity contribution in [1.82, 2.24) is 19.5 Å². The molecular weight excluding hydrogens is 399 g/mol. The molecule has 5 rings (SSSR count). The summed E-state index contributed by atoms with van der Waals surface area (Å²) in [6.45, 7) is 4.76. The first-order chi connectivity index (χ1) is 14.6. The molecule has 0 saturated carbocycles. The summed E-state index contributed by atoms with van der Waals surface area (Å²) in [7, 11) is 0. The van der Waals surface area contributed by atoms with Crippen LogP contribution in [0.1, 0.15) is 46.5 Å². The van der Waals surface area contributed by atoms with Crippen LogP contribution < -0.4 is 0 Å². The van der Waals surface area contributed by atoms with Crippen LogP contribution >= 0.6 is 11.3 Å². The Balaban J connectivity index is 1.55. The van der Waals surface area contributed by atoms with Gasteiger partial charge in [-0.2, -0.15) is 5.10 Å². The zero-order valence-corrected chi connectivity index (χ0v) is 17.6. The Bertz CT molecular complexity index is 1260. The Morgan fingerprint density at radius 2 is 2.10 bits per heavy atom. The van der Waals surface area contributed by atoms with Gasteiger partial charge in [-0.3, -0.25) is 4.79 Å². The number of benzene rings is 1. The zero-order valence-electron chi connectivity index (χ0n) is 16.8. The normalized spacial score (nSPS) is 16.1. The number of aromatic nitrogens is 3. The third kappa shape index (κ3) is 3.01. The Morgan fingerprint density at radius 3 is 2.90 bits per heavy atom. The van der Waals surface area contributed by atoms with Crippen molar-refractivity contribution in [2.75, 3.05) is 6.54 Å². The molecule has 1 unspecified atom stereocenters. The molecule has 1 aliphatic heterocycles. The second kappa shape index (κ2) is 7.32. The molecule has 0 saturated heterocycles. The number of thiophene rings is 1. The highest BCUT2D eigenvalue weighted by molar-refractivity contribution is 7.10. The smallest absolute Gasteiger partial charge is 0.273 e. The second-order valence-corrected chi connectivity index (χ2v) is 8.49. The number of hydrogen-bond acceptors (Lipinski definition) is 4. The largest absolute Gasteiger partial charge is 0.330 e. The van der Waals surface area contributed by atoms with Gasteiger partial charge in [0.2, 0.25) is 0 Å². The lowest BCUT2D eigenvalue weighted by Gasteiger charge is -2.33. The molecule has 1 amide bonds. The van der Waals surface area contributed by atoms with Crippen molar-refractivity contribution in [3.63, 3.8) is 0 Å². The molecule has 0 radical (unpaired) electrons. The summed E-state index contributed by atoms with van der Waals surface area (Å²) in [5.41, 5.74) is 3.98. The van der Waals surface area contributed by atoms with Crippen molar-refractivity contribution in [2.45, 2.75) is 32.7 Å². The summed E-state index contributed by atoms with van der Waals surface area (Å²) in [5.74, 6) is -0.408. The molecule has 3 aromatic heterocycles. The molecule has 4 heterocycles. The Morgan fingerprint density at radius 1 is 1.27 bits per heavy atom. The lowest BCUT2D eigenvalue weighted by molar-refractivity contribution is 0.0673. The number of rotatable bonds is 3. The number of hydrogen-bond donors (Lipinski definition) is 0. The summed E-state index contributed by atoms with van der Waals surface area (Å²) in [4.78, 5) is 21.2. The first-order valence-electron chi connectivity index (χ1n) is 10.1. The highest BCUT2D eigenvalue weighted by Gasteiger charge is 2.30. The Hall–Kier alpha value is -3.06. The van der Waals surface area contributed by atoms with Gasteiger partial charge in [0.05, 0.1) is 11.7 Å². The van der Waals surface area contributed by atoms with Crippen LogP contribution in [-0.4, -0.2) is 31.9 Å². The van der Waals surface area contributed by atoms with Crippen LogP contribution in [0, 0.1) is 5.82 Å². The van der Waals surface area contributed by atoms with E-state index >= 15 is 0 Å². The van der Waals surface area contributed by atoms with Gasteiger partial charge in [-0.15, -0.1) is 11.3 Å². The maximum absolute atomic E-state index is 14.2. The molecule has 4 aromatic rings. The fourth-order valence-corrected chi connectivity index (χ4v) is 5.10. The van der Waals surface area contributed by atoms with Gasteiger partial charge in [-0.25, -0.2) is 13.9 Å². The molecule has 0 spiro atoms. The highest BCUT2D eigenvalue weighted by atomic mass is 32.1. The van der Waals surface area contributed by atoms with Crippen LogP contribution in [0.15, 0.2) is 47.8 Å². The summed E-state index contributed by atoms with van der Waals surface area (Å²) >= 11 is 1.75. The summed E-state index contributed by atoms with van der Waals surface area (Å²) in [6, 6.07) is 12.2. The lowest BCUT2D eigenvalue weighted by Crippen LogP contribution is -2.38. The number of amides is 1. The summed E-state index contributed by atoms with van der Waals surface area (Å²) < 4.78 is 15.9. The molecule has 0 aliphatic carbocycles. The standard InChI is InChI=1S/C23H21FN4OS/c1-3-15-12-20(23(29)27-10-8-21-16(14(27)2)9-11-30-21)25-22-13-19(26-28(15)22)17-6-4-5-7-18(17)24/h4-7,9,11-14H,3,8,10H2,1-2H3. The minimum atomic E-state index is -0.330. The van der Waals surface area contributed by atoms with E-state index in [-0.39, 0.29) is 17.8 Å². The second-order valence-electron chi connectivity index (χ2n) is 7.49. The van der Waals surface area contributed by atoms with Crippen LogP contribution in [0.25, 0.3) is 16.9 Å². The van der Waals surface area contributed by atoms with E-state index in [0.717, 1.165) is 12.1 Å². The SMILES string of the molecule is CCc1cc(C(=O)N2CCc3sccc3C2C)nc2cc(-c3ccccc3F)nn12. The maximum atomic E-state index is 14.2. The van der Waals surface area contributed by atoms with Gasteiger partial charge in [-0.05, 0) is 55.0 Å². The zero-order chi connectivity index (χ0) is 20.8. The molecular formula is C23H21FN4OS. The van der Waals surface area contributed by atoms with Crippen molar-refractivity contribution in [3.8, 4) is 11.3 Å². The van der Waals surface area contributed by atoms with Crippen molar-refractivity contribution >= 4 is 22.9 Å². The van der Waals surface area contributed by atoms with Gasteiger partial charge in [0, 0.05) is 28.7 Å². The van der Waals surface area contributed by atoms with Crippen LogP contribution in [-0.2, 0) is 12.8 Å². The predicted octanol–water partition coefficient (Wildman–Crippen LogP) is 4.92. The number of halogens is 1. The molecule has 5 nitrogen and oxygen atoms in total. The van der Waals surface area contributed by atoms with E-state index in [4.69, 9.17) is 0 Å². The lowest BCUT2D eigenvalue weighted by atomic mass is 10.0. The molecule has 152 valence electrons. The molecule has 0 bridgehead atoms. The van der Waals surface area contributed by atoms with Crippen LogP contribution in [0.5, 0.6) is 0 Å². The van der Waals surface area contributed by atoms with E-state index in [9.17, 15) is 9.18 Å². The minimum absolute atomic E-state index is 0.0227. The Kier molecular flexibility index (Phi) is 4.62. The van der Waals surface area contributed by atoms with Crippen molar-refractivity contribution in [1.29, 1.82) is 0 Å². The van der Waals surface area contributed by atoms with Gasteiger partial charge in [0.15, 0.2) is 5.65 Å². The predicted molar refractivity (Wildman–Crippen MR) is 115 cm³/mol. The van der Waals surface area contributed by atoms with E-state index in [2.05, 4.69) is 28.5 Å². The van der Waals surface area contributed by atoms with Gasteiger partial charge < -0.3 is 4.90 Å². The molecule has 0 N–H and O–H groups in total. The van der Waals surface area contributed by atoms with Gasteiger partial charge in [-0.1, -0.05) is 19.1 Å². The first kappa shape index (κ1) is 18.9. The maximum Gasteiger partial charge on any atom is 0.273 e. The number of aryl methyl sites for hydroxylation is 1. The van der Waals surface area contributed by atoms with E-state index < -0.39 is 0 Å². The fraction of sp³-hybridized carbons (Fsp3) is 0.261. The quantitative estimate of drug-likeness (QED) is 0.473. The third-order valence-corrected chi connectivity index (χ3v) is 6.77. The monoisotopic (exact) mass is 420 g/mol. The molecule has 1 atom stereocenters. The molecule has 7 heteroatoms. The topological polar surface area (TPSA) is 50.5 Å². The molecule has 0 fully saturated rings. The molecule has 1 aliphatic rings. The van der Waals surface area contributed by atoms with Gasteiger partial charge >= 0.3 is 0 Å². The van der Waals surface area contributed by atoms with E-state index in [0.29, 0.717) is 35.6 Å². The van der Waals surface area contributed by atoms with Crippen LogP contribution in [0.3, 0.4) is 0 Å². The number of nitrogens with zero attached hydrogens (tertiary/aromatic N) is 4. The fourth-order valence-electron chi connectivity index (χ4n) is 4.13. The Labute approximate surface area is 177 Å². The van der Waals surface area contributed by atoms with Gasteiger partial charge in [0.1, 0.15) is 11.5 Å². The number of fused-ring (bicyclic) bond motifs is 2.